The van der Waals surface area contributed by atoms with Gasteiger partial charge in [0.2, 0.25) is 10.0 Å². The molecule has 1 aliphatic carbocycles. The van der Waals surface area contributed by atoms with Crippen LogP contribution in [0.3, 0.4) is 0 Å². The third-order valence-corrected chi connectivity index (χ3v) is 7.29. The summed E-state index contributed by atoms with van der Waals surface area (Å²) in [5.41, 5.74) is -2.31. The van der Waals surface area contributed by atoms with Crippen LogP contribution < -0.4 is 15.2 Å². The summed E-state index contributed by atoms with van der Waals surface area (Å²) in [6.45, 7) is 5.39. The summed E-state index contributed by atoms with van der Waals surface area (Å²) in [4.78, 5) is 38.7. The second kappa shape index (κ2) is 7.93. The van der Waals surface area contributed by atoms with E-state index in [2.05, 4.69) is 5.32 Å². The second-order valence-corrected chi connectivity index (χ2v) is 10.3. The van der Waals surface area contributed by atoms with Crippen molar-refractivity contribution in [2.24, 2.45) is 5.14 Å². The highest BCUT2D eigenvalue weighted by molar-refractivity contribution is 7.89. The molecule has 0 saturated heterocycles. The number of anilines is 1. The standard InChI is InChI=1S/C24H22N2O9S/c1-9-20(30)18(11(3)27)22-19(21(9)31)24(4)16(35-22)8-15(29)17(23(24)32)10(2)26-13-6-5-12(7-14(13)28)36(25,33)34/h5-8,26,28,30-31H,1-4H3,(H2,25,33,34)/b17-10+/t24-/m0/s1. The molecule has 0 saturated carbocycles. The summed E-state index contributed by atoms with van der Waals surface area (Å²) in [6, 6.07) is 3.26. The van der Waals surface area contributed by atoms with Gasteiger partial charge < -0.3 is 25.4 Å². The molecule has 36 heavy (non-hydrogen) atoms. The van der Waals surface area contributed by atoms with Crippen molar-refractivity contribution in [1.82, 2.24) is 0 Å². The number of hydrogen-bond acceptors (Lipinski definition) is 10. The van der Waals surface area contributed by atoms with E-state index in [1.54, 1.807) is 0 Å². The van der Waals surface area contributed by atoms with E-state index in [-0.39, 0.29) is 50.1 Å². The van der Waals surface area contributed by atoms with Crippen LogP contribution in [0.2, 0.25) is 0 Å². The first-order valence-electron chi connectivity index (χ1n) is 10.5. The number of rotatable bonds is 4. The Morgan fingerprint density at radius 2 is 1.75 bits per heavy atom. The number of Topliss-reactive ketones (excluding diaryl/α,β-unsaturated/α-hetero) is 2. The van der Waals surface area contributed by atoms with Gasteiger partial charge >= 0.3 is 0 Å². The zero-order valence-electron chi connectivity index (χ0n) is 19.6. The lowest BCUT2D eigenvalue weighted by Gasteiger charge is -2.29. The number of allylic oxidation sites excluding steroid dienone is 4. The number of hydrogen-bond donors (Lipinski definition) is 5. The maximum absolute atomic E-state index is 13.8. The van der Waals surface area contributed by atoms with E-state index >= 15 is 0 Å². The number of ketones is 3. The number of sulfonamides is 1. The molecular weight excluding hydrogens is 492 g/mol. The predicted octanol–water partition coefficient (Wildman–Crippen LogP) is 2.03. The topological polar surface area (TPSA) is 193 Å². The molecule has 188 valence electrons. The molecule has 0 radical (unpaired) electrons. The first-order chi connectivity index (χ1) is 16.6. The molecule has 0 fully saturated rings. The zero-order chi connectivity index (χ0) is 26.9. The molecule has 0 spiro atoms. The van der Waals surface area contributed by atoms with Crippen LogP contribution in [-0.4, -0.2) is 41.1 Å². The Labute approximate surface area is 205 Å². The molecule has 4 rings (SSSR count). The summed E-state index contributed by atoms with van der Waals surface area (Å²) in [5.74, 6) is -3.84. The Bertz CT molecular complexity index is 1590. The summed E-state index contributed by atoms with van der Waals surface area (Å²) in [7, 11) is -4.07. The molecular formula is C24H22N2O9S. The molecule has 1 heterocycles. The third kappa shape index (κ3) is 3.45. The number of phenolic OH excluding ortho intramolecular Hbond substituents is 3. The van der Waals surface area contributed by atoms with Gasteiger partial charge in [-0.3, -0.25) is 14.4 Å². The molecule has 1 aliphatic heterocycles. The Morgan fingerprint density at radius 3 is 2.31 bits per heavy atom. The van der Waals surface area contributed by atoms with Crippen molar-refractivity contribution in [1.29, 1.82) is 0 Å². The zero-order valence-corrected chi connectivity index (χ0v) is 20.4. The number of nitrogens with one attached hydrogen (secondary N) is 1. The van der Waals surface area contributed by atoms with Gasteiger partial charge in [-0.25, -0.2) is 13.6 Å². The average molecular weight is 515 g/mol. The highest BCUT2D eigenvalue weighted by Gasteiger charge is 2.56. The lowest BCUT2D eigenvalue weighted by atomic mass is 9.70. The molecule has 0 aromatic heterocycles. The molecule has 2 aromatic carbocycles. The number of nitrogens with two attached hydrogens (primary N) is 1. The number of phenols is 3. The minimum atomic E-state index is -4.07. The molecule has 0 unspecified atom stereocenters. The normalized spacial score (nSPS) is 20.3. The summed E-state index contributed by atoms with van der Waals surface area (Å²) in [5, 5.41) is 39.3. The molecule has 6 N–H and O–H groups in total. The number of benzene rings is 2. The maximum Gasteiger partial charge on any atom is 0.238 e. The van der Waals surface area contributed by atoms with Crippen molar-refractivity contribution in [3.63, 3.8) is 0 Å². The van der Waals surface area contributed by atoms with Crippen LogP contribution >= 0.6 is 0 Å². The Kier molecular flexibility index (Phi) is 5.50. The van der Waals surface area contributed by atoms with Gasteiger partial charge in [0.1, 0.15) is 39.7 Å². The highest BCUT2D eigenvalue weighted by Crippen LogP contribution is 2.57. The minimum absolute atomic E-state index is 0.00141. The fourth-order valence-electron chi connectivity index (χ4n) is 4.42. The molecule has 1 atom stereocenters. The number of carbonyl (C=O) groups is 3. The van der Waals surface area contributed by atoms with Crippen molar-refractivity contribution in [3.05, 3.63) is 58.0 Å². The van der Waals surface area contributed by atoms with Gasteiger partial charge in [0, 0.05) is 23.4 Å². The van der Waals surface area contributed by atoms with E-state index in [9.17, 15) is 38.1 Å². The van der Waals surface area contributed by atoms with Gasteiger partial charge in [-0.2, -0.15) is 0 Å². The average Bonchev–Trinajstić information content (AvgIpc) is 3.05. The lowest BCUT2D eigenvalue weighted by Crippen LogP contribution is -2.40. The fourth-order valence-corrected chi connectivity index (χ4v) is 4.95. The first kappa shape index (κ1) is 24.9. The van der Waals surface area contributed by atoms with Crippen LogP contribution in [0.15, 0.2) is 46.2 Å². The monoisotopic (exact) mass is 514 g/mol. The Balaban J connectivity index is 1.87. The van der Waals surface area contributed by atoms with Gasteiger partial charge in [-0.15, -0.1) is 0 Å². The summed E-state index contributed by atoms with van der Waals surface area (Å²) in [6.07, 6.45) is 1.06. The molecule has 0 bridgehead atoms. The largest absolute Gasteiger partial charge is 0.507 e. The fraction of sp³-hybridized carbons (Fsp3) is 0.208. The number of carbonyl (C=O) groups excluding carboxylic acids is 3. The maximum atomic E-state index is 13.8. The van der Waals surface area contributed by atoms with E-state index in [0.29, 0.717) is 0 Å². The first-order valence-corrected chi connectivity index (χ1v) is 12.1. The van der Waals surface area contributed by atoms with Crippen LogP contribution in [-0.2, 0) is 25.0 Å². The third-order valence-electron chi connectivity index (χ3n) is 6.38. The van der Waals surface area contributed by atoms with Crippen molar-refractivity contribution in [2.75, 3.05) is 5.32 Å². The predicted molar refractivity (Wildman–Crippen MR) is 126 cm³/mol. The SMILES string of the molecule is CC(=O)c1c(O)c(C)c(O)c2c1OC1=CC(=O)/C(=C(/C)Nc3ccc(S(N)(=O)=O)cc3O)C(=O)[C@@]12C. The van der Waals surface area contributed by atoms with Crippen molar-refractivity contribution < 1.29 is 42.9 Å². The van der Waals surface area contributed by atoms with Gasteiger partial charge in [-0.05, 0) is 39.8 Å². The quantitative estimate of drug-likeness (QED) is 0.174. The second-order valence-electron chi connectivity index (χ2n) is 8.74. The van der Waals surface area contributed by atoms with E-state index in [1.807, 2.05) is 0 Å². The molecule has 11 nitrogen and oxygen atoms in total. The van der Waals surface area contributed by atoms with Gasteiger partial charge in [0.25, 0.3) is 0 Å². The molecule has 2 aliphatic rings. The number of fused-ring (bicyclic) bond motifs is 3. The number of ether oxygens (including phenoxy) is 1. The lowest BCUT2D eigenvalue weighted by molar-refractivity contribution is -0.123. The summed E-state index contributed by atoms with van der Waals surface area (Å²) >= 11 is 0. The van der Waals surface area contributed by atoms with Gasteiger partial charge in [0.05, 0.1) is 21.7 Å². The van der Waals surface area contributed by atoms with Crippen LogP contribution in [0.1, 0.15) is 42.3 Å². The van der Waals surface area contributed by atoms with E-state index in [1.165, 1.54) is 33.8 Å². The van der Waals surface area contributed by atoms with Crippen LogP contribution in [0, 0.1) is 6.92 Å². The van der Waals surface area contributed by atoms with Gasteiger partial charge in [-0.1, -0.05) is 0 Å². The molecule has 0 amide bonds. The van der Waals surface area contributed by atoms with Crippen LogP contribution in [0.5, 0.6) is 23.0 Å². The number of aromatic hydroxyl groups is 3. The highest BCUT2D eigenvalue weighted by atomic mass is 32.2. The van der Waals surface area contributed by atoms with Crippen LogP contribution in [0.25, 0.3) is 0 Å². The van der Waals surface area contributed by atoms with Crippen molar-refractivity contribution >= 4 is 33.1 Å². The van der Waals surface area contributed by atoms with E-state index in [4.69, 9.17) is 9.88 Å². The summed E-state index contributed by atoms with van der Waals surface area (Å²) < 4.78 is 28.7. The van der Waals surface area contributed by atoms with Crippen molar-refractivity contribution in [2.45, 2.75) is 38.0 Å². The minimum Gasteiger partial charge on any atom is -0.507 e. The molecule has 12 heteroatoms. The molecule has 2 aromatic rings. The Morgan fingerprint density at radius 1 is 1.11 bits per heavy atom. The van der Waals surface area contributed by atoms with E-state index in [0.717, 1.165) is 18.2 Å². The smallest absolute Gasteiger partial charge is 0.238 e. The van der Waals surface area contributed by atoms with E-state index < -0.39 is 50.0 Å². The van der Waals surface area contributed by atoms with Gasteiger partial charge in [0.15, 0.2) is 17.3 Å². The van der Waals surface area contributed by atoms with Crippen molar-refractivity contribution in [3.8, 4) is 23.0 Å². The Hall–Kier alpha value is -4.16. The number of primary sulfonamides is 1. The van der Waals surface area contributed by atoms with Crippen LogP contribution in [0.4, 0.5) is 5.69 Å².